The van der Waals surface area contributed by atoms with Gasteiger partial charge in [0.1, 0.15) is 0 Å². The summed E-state index contributed by atoms with van der Waals surface area (Å²) < 4.78 is 4.41. The average molecular weight is 192 g/mol. The number of rotatable bonds is 5. The van der Waals surface area contributed by atoms with Crippen molar-refractivity contribution in [3.8, 4) is 0 Å². The summed E-state index contributed by atoms with van der Waals surface area (Å²) >= 11 is 0. The summed E-state index contributed by atoms with van der Waals surface area (Å²) in [5.41, 5.74) is 0. The van der Waals surface area contributed by atoms with Gasteiger partial charge in [-0.25, -0.2) is 0 Å². The zero-order valence-corrected chi connectivity index (χ0v) is 7.80. The first-order valence-corrected chi connectivity index (χ1v) is 4.06. The number of carbonyl (C=O) groups excluding carboxylic acids is 1. The van der Waals surface area contributed by atoms with Gasteiger partial charge in [0, 0.05) is 5.92 Å². The standard InChI is InChI=1S/C8H16O5/c1-5(8(12)13-2)7(11)6(3-9)4-10/h5-7,9-11H,3-4H2,1-2H3/t5?,7-/m0/s1. The first kappa shape index (κ1) is 12.3. The molecule has 0 saturated heterocycles. The van der Waals surface area contributed by atoms with Crippen LogP contribution in [0.15, 0.2) is 0 Å². The van der Waals surface area contributed by atoms with Crippen LogP contribution in [0.3, 0.4) is 0 Å². The minimum Gasteiger partial charge on any atom is -0.469 e. The van der Waals surface area contributed by atoms with Crippen LogP contribution in [0.25, 0.3) is 0 Å². The molecule has 5 heteroatoms. The molecular formula is C8H16O5. The first-order chi connectivity index (χ1) is 6.08. The smallest absolute Gasteiger partial charge is 0.311 e. The molecule has 3 N–H and O–H groups in total. The maximum Gasteiger partial charge on any atom is 0.311 e. The van der Waals surface area contributed by atoms with Gasteiger partial charge in [0.25, 0.3) is 0 Å². The molecule has 2 atom stereocenters. The fraction of sp³-hybridized carbons (Fsp3) is 0.875. The van der Waals surface area contributed by atoms with Gasteiger partial charge in [-0.15, -0.1) is 0 Å². The molecule has 0 saturated carbocycles. The maximum absolute atomic E-state index is 10.9. The molecule has 0 radical (unpaired) electrons. The lowest BCUT2D eigenvalue weighted by molar-refractivity contribution is -0.150. The van der Waals surface area contributed by atoms with Crippen LogP contribution in [-0.2, 0) is 9.53 Å². The van der Waals surface area contributed by atoms with Gasteiger partial charge in [0.15, 0.2) is 0 Å². The zero-order chi connectivity index (χ0) is 10.4. The van der Waals surface area contributed by atoms with Gasteiger partial charge in [-0.2, -0.15) is 0 Å². The Morgan fingerprint density at radius 3 is 2.15 bits per heavy atom. The number of aliphatic hydroxyl groups excluding tert-OH is 3. The van der Waals surface area contributed by atoms with E-state index >= 15 is 0 Å². The molecule has 0 fully saturated rings. The topological polar surface area (TPSA) is 87.0 Å². The lowest BCUT2D eigenvalue weighted by atomic mass is 9.93. The van der Waals surface area contributed by atoms with Crippen LogP contribution in [0.5, 0.6) is 0 Å². The number of aliphatic hydroxyl groups is 3. The molecule has 0 heterocycles. The van der Waals surface area contributed by atoms with Crippen molar-refractivity contribution in [1.29, 1.82) is 0 Å². The average Bonchev–Trinajstić information content (AvgIpc) is 2.17. The normalized spacial score (nSPS) is 15.5. The number of ether oxygens (including phenoxy) is 1. The minimum atomic E-state index is -1.08. The van der Waals surface area contributed by atoms with Crippen LogP contribution in [0.4, 0.5) is 0 Å². The van der Waals surface area contributed by atoms with Crippen molar-refractivity contribution in [2.45, 2.75) is 13.0 Å². The summed E-state index contributed by atoms with van der Waals surface area (Å²) in [4.78, 5) is 10.9. The SMILES string of the molecule is COC(=O)C(C)[C@H](O)C(CO)CO. The van der Waals surface area contributed by atoms with Gasteiger partial charge < -0.3 is 20.1 Å². The summed E-state index contributed by atoms with van der Waals surface area (Å²) in [6.07, 6.45) is -1.08. The van der Waals surface area contributed by atoms with Crippen LogP contribution in [0, 0.1) is 11.8 Å². The van der Waals surface area contributed by atoms with E-state index in [2.05, 4.69) is 4.74 Å². The molecule has 0 aliphatic carbocycles. The lowest BCUT2D eigenvalue weighted by Crippen LogP contribution is -2.36. The summed E-state index contributed by atoms with van der Waals surface area (Å²) in [5.74, 6) is -2.00. The second-order valence-corrected chi connectivity index (χ2v) is 2.93. The molecule has 0 aliphatic heterocycles. The van der Waals surface area contributed by atoms with E-state index in [9.17, 15) is 9.90 Å². The van der Waals surface area contributed by atoms with E-state index in [1.807, 2.05) is 0 Å². The Morgan fingerprint density at radius 1 is 1.38 bits per heavy atom. The Morgan fingerprint density at radius 2 is 1.85 bits per heavy atom. The van der Waals surface area contributed by atoms with Gasteiger partial charge in [0.05, 0.1) is 32.3 Å². The van der Waals surface area contributed by atoms with E-state index in [0.717, 1.165) is 0 Å². The monoisotopic (exact) mass is 192 g/mol. The Hall–Kier alpha value is -0.650. The van der Waals surface area contributed by atoms with Crippen LogP contribution < -0.4 is 0 Å². The van der Waals surface area contributed by atoms with Crippen LogP contribution in [0.2, 0.25) is 0 Å². The summed E-state index contributed by atoms with van der Waals surface area (Å²) in [7, 11) is 1.22. The van der Waals surface area contributed by atoms with E-state index < -0.39 is 23.9 Å². The number of methoxy groups -OCH3 is 1. The van der Waals surface area contributed by atoms with E-state index in [0.29, 0.717) is 0 Å². The molecule has 0 aromatic carbocycles. The van der Waals surface area contributed by atoms with Crippen LogP contribution >= 0.6 is 0 Å². The summed E-state index contributed by atoms with van der Waals surface area (Å²) in [6, 6.07) is 0. The molecule has 1 unspecified atom stereocenters. The Balaban J connectivity index is 4.21. The van der Waals surface area contributed by atoms with Gasteiger partial charge in [-0.1, -0.05) is 0 Å². The molecular weight excluding hydrogens is 176 g/mol. The lowest BCUT2D eigenvalue weighted by Gasteiger charge is -2.22. The van der Waals surface area contributed by atoms with Crippen LogP contribution in [-0.4, -0.2) is 47.7 Å². The quantitative estimate of drug-likeness (QED) is 0.474. The van der Waals surface area contributed by atoms with Crippen molar-refractivity contribution in [2.24, 2.45) is 11.8 Å². The van der Waals surface area contributed by atoms with Crippen molar-refractivity contribution in [3.63, 3.8) is 0 Å². The highest BCUT2D eigenvalue weighted by atomic mass is 16.5. The molecule has 5 nitrogen and oxygen atoms in total. The van der Waals surface area contributed by atoms with Gasteiger partial charge in [-0.05, 0) is 6.92 Å². The first-order valence-electron chi connectivity index (χ1n) is 4.06. The molecule has 0 aliphatic rings. The third kappa shape index (κ3) is 3.30. The van der Waals surface area contributed by atoms with Crippen molar-refractivity contribution in [2.75, 3.05) is 20.3 Å². The highest BCUT2D eigenvalue weighted by Gasteiger charge is 2.29. The zero-order valence-electron chi connectivity index (χ0n) is 7.80. The molecule has 0 bridgehead atoms. The Kier molecular flexibility index (Phi) is 5.61. The Bertz CT molecular complexity index is 155. The molecule has 0 rings (SSSR count). The van der Waals surface area contributed by atoms with E-state index in [-0.39, 0.29) is 13.2 Å². The number of hydrogen-bond donors (Lipinski definition) is 3. The predicted octanol–water partition coefficient (Wildman–Crippen LogP) is -1.24. The fourth-order valence-electron chi connectivity index (χ4n) is 1.01. The number of esters is 1. The Labute approximate surface area is 77.0 Å². The molecule has 78 valence electrons. The second kappa shape index (κ2) is 5.90. The largest absolute Gasteiger partial charge is 0.469 e. The summed E-state index contributed by atoms with van der Waals surface area (Å²) in [5, 5.41) is 26.9. The third-order valence-corrected chi connectivity index (χ3v) is 2.04. The van der Waals surface area contributed by atoms with Crippen molar-refractivity contribution < 1.29 is 24.9 Å². The number of hydrogen-bond acceptors (Lipinski definition) is 5. The highest BCUT2D eigenvalue weighted by Crippen LogP contribution is 2.13. The molecule has 0 aromatic rings. The maximum atomic E-state index is 10.9. The van der Waals surface area contributed by atoms with Crippen molar-refractivity contribution in [1.82, 2.24) is 0 Å². The van der Waals surface area contributed by atoms with E-state index in [4.69, 9.17) is 10.2 Å². The number of carbonyl (C=O) groups is 1. The molecule has 0 spiro atoms. The molecule has 0 aromatic heterocycles. The predicted molar refractivity (Wildman–Crippen MR) is 44.8 cm³/mol. The van der Waals surface area contributed by atoms with E-state index in [1.165, 1.54) is 14.0 Å². The van der Waals surface area contributed by atoms with Crippen molar-refractivity contribution in [3.05, 3.63) is 0 Å². The third-order valence-electron chi connectivity index (χ3n) is 2.04. The van der Waals surface area contributed by atoms with Crippen molar-refractivity contribution >= 4 is 5.97 Å². The minimum absolute atomic E-state index is 0.362. The fourth-order valence-corrected chi connectivity index (χ4v) is 1.01. The van der Waals surface area contributed by atoms with E-state index in [1.54, 1.807) is 0 Å². The van der Waals surface area contributed by atoms with Crippen LogP contribution in [0.1, 0.15) is 6.92 Å². The summed E-state index contributed by atoms with van der Waals surface area (Å²) in [6.45, 7) is 0.757. The van der Waals surface area contributed by atoms with Gasteiger partial charge in [-0.3, -0.25) is 4.79 Å². The highest BCUT2D eigenvalue weighted by molar-refractivity contribution is 5.72. The molecule has 0 amide bonds. The second-order valence-electron chi connectivity index (χ2n) is 2.93. The van der Waals surface area contributed by atoms with Gasteiger partial charge >= 0.3 is 5.97 Å². The van der Waals surface area contributed by atoms with Gasteiger partial charge in [0.2, 0.25) is 0 Å². The molecule has 13 heavy (non-hydrogen) atoms.